The summed E-state index contributed by atoms with van der Waals surface area (Å²) in [5.41, 5.74) is 6.09. The molecule has 1 heterocycles. The molecule has 0 bridgehead atoms. The van der Waals surface area contributed by atoms with Crippen molar-refractivity contribution in [2.75, 3.05) is 17.7 Å². The van der Waals surface area contributed by atoms with Crippen molar-refractivity contribution < 1.29 is 4.79 Å². The van der Waals surface area contributed by atoms with Gasteiger partial charge in [-0.1, -0.05) is 29.3 Å². The third-order valence-corrected chi connectivity index (χ3v) is 4.09. The maximum Gasteiger partial charge on any atom is 0.377 e. The Morgan fingerprint density at radius 3 is 2.28 bits per heavy atom. The molecule has 10 heteroatoms. The predicted molar refractivity (Wildman–Crippen MR) is 95.7 cm³/mol. The molecule has 0 radical (unpaired) electrons. The topological polar surface area (TPSA) is 99.0 Å². The number of rotatable bonds is 2. The molecule has 8 nitrogen and oxygen atoms in total. The summed E-state index contributed by atoms with van der Waals surface area (Å²) in [5.74, 6) is 0. The molecular weight excluding hydrogens is 367 g/mol. The first-order valence-corrected chi connectivity index (χ1v) is 7.79. The highest BCUT2D eigenvalue weighted by Crippen LogP contribution is 2.26. The van der Waals surface area contributed by atoms with E-state index in [0.717, 1.165) is 4.68 Å². The Bertz CT molecular complexity index is 976. The second-order valence-corrected chi connectivity index (χ2v) is 5.90. The monoisotopic (exact) mass is 378 g/mol. The second kappa shape index (κ2) is 6.58. The van der Waals surface area contributed by atoms with Crippen molar-refractivity contribution in [1.82, 2.24) is 19.8 Å². The number of nitrogen functional groups attached to an aromatic ring is 1. The summed E-state index contributed by atoms with van der Waals surface area (Å²) >= 11 is 12.1. The Balaban J connectivity index is 2.00. The lowest BCUT2D eigenvalue weighted by Gasteiger charge is -2.15. The lowest BCUT2D eigenvalue weighted by Crippen LogP contribution is -2.39. The van der Waals surface area contributed by atoms with Crippen LogP contribution in [0.2, 0.25) is 10.0 Å². The number of carbonyl (C=O) groups excluding carboxylic acids is 1. The van der Waals surface area contributed by atoms with E-state index < -0.39 is 11.7 Å². The van der Waals surface area contributed by atoms with Gasteiger partial charge in [-0.05, 0) is 46.8 Å². The van der Waals surface area contributed by atoms with Gasteiger partial charge in [0.15, 0.2) is 0 Å². The number of carbonyl (C=O) groups is 1. The number of nitrogens with zero attached hydrogens (tertiary/aromatic N) is 5. The zero-order chi connectivity index (χ0) is 18.1. The predicted octanol–water partition coefficient (Wildman–Crippen LogP) is 2.42. The van der Waals surface area contributed by atoms with Crippen LogP contribution < -0.4 is 16.3 Å². The van der Waals surface area contributed by atoms with Gasteiger partial charge in [-0.2, -0.15) is 4.68 Å². The van der Waals surface area contributed by atoms with Gasteiger partial charge in [0.2, 0.25) is 0 Å². The number of amides is 1. The first kappa shape index (κ1) is 17.0. The Labute approximate surface area is 151 Å². The molecule has 0 saturated carbocycles. The summed E-state index contributed by atoms with van der Waals surface area (Å²) < 4.78 is 1.50. The van der Waals surface area contributed by atoms with Crippen LogP contribution in [-0.4, -0.2) is 32.9 Å². The standard InChI is InChI=1S/C15H12Cl2N6O2/c1-21(10-7-5-9(18)6-8-10)14(24)23-15(25)22(19-20-23)13-11(16)3-2-4-12(13)17/h2-8H,18H2,1H3. The second-order valence-electron chi connectivity index (χ2n) is 5.09. The summed E-state index contributed by atoms with van der Waals surface area (Å²) in [6, 6.07) is 10.6. The van der Waals surface area contributed by atoms with Gasteiger partial charge < -0.3 is 5.73 Å². The summed E-state index contributed by atoms with van der Waals surface area (Å²) in [6.45, 7) is 0. The Kier molecular flexibility index (Phi) is 4.47. The molecule has 25 heavy (non-hydrogen) atoms. The van der Waals surface area contributed by atoms with Crippen LogP contribution in [0.4, 0.5) is 16.2 Å². The first-order valence-electron chi connectivity index (χ1n) is 7.03. The normalized spacial score (nSPS) is 10.7. The Morgan fingerprint density at radius 1 is 1.08 bits per heavy atom. The first-order chi connectivity index (χ1) is 11.9. The summed E-state index contributed by atoms with van der Waals surface area (Å²) in [4.78, 5) is 26.3. The molecule has 0 saturated heterocycles. The van der Waals surface area contributed by atoms with Crippen LogP contribution >= 0.6 is 23.2 Å². The van der Waals surface area contributed by atoms with Crippen LogP contribution in [0.15, 0.2) is 47.3 Å². The zero-order valence-electron chi connectivity index (χ0n) is 12.9. The Hall–Kier alpha value is -2.84. The molecule has 2 aromatic carbocycles. The third kappa shape index (κ3) is 3.09. The fourth-order valence-corrected chi connectivity index (χ4v) is 2.71. The number of nitrogens with two attached hydrogens (primary N) is 1. The fraction of sp³-hybridized carbons (Fsp3) is 0.0667. The van der Waals surface area contributed by atoms with Gasteiger partial charge in [-0.3, -0.25) is 4.90 Å². The lowest BCUT2D eigenvalue weighted by atomic mass is 10.3. The van der Waals surface area contributed by atoms with Crippen molar-refractivity contribution in [1.29, 1.82) is 0 Å². The van der Waals surface area contributed by atoms with Crippen LogP contribution in [-0.2, 0) is 0 Å². The van der Waals surface area contributed by atoms with Gasteiger partial charge in [-0.15, -0.1) is 4.68 Å². The molecule has 0 aliphatic heterocycles. The molecule has 3 rings (SSSR count). The number of benzene rings is 2. The van der Waals surface area contributed by atoms with Gasteiger partial charge in [0.05, 0.1) is 10.0 Å². The molecule has 2 N–H and O–H groups in total. The van der Waals surface area contributed by atoms with Crippen molar-refractivity contribution in [2.45, 2.75) is 0 Å². The van der Waals surface area contributed by atoms with Gasteiger partial charge in [-0.25, -0.2) is 9.59 Å². The number of hydrogen-bond acceptors (Lipinski definition) is 5. The molecule has 0 aliphatic rings. The third-order valence-electron chi connectivity index (χ3n) is 3.48. The number of para-hydroxylation sites is 1. The number of aromatic nitrogens is 4. The minimum atomic E-state index is -0.790. The van der Waals surface area contributed by atoms with Crippen LogP contribution in [0.25, 0.3) is 5.69 Å². The minimum absolute atomic E-state index is 0.157. The lowest BCUT2D eigenvalue weighted by molar-refractivity contribution is 0.245. The van der Waals surface area contributed by atoms with E-state index in [-0.39, 0.29) is 15.7 Å². The molecule has 0 unspecified atom stereocenters. The molecule has 0 aliphatic carbocycles. The van der Waals surface area contributed by atoms with Gasteiger partial charge in [0.25, 0.3) is 0 Å². The van der Waals surface area contributed by atoms with Gasteiger partial charge >= 0.3 is 11.7 Å². The number of anilines is 2. The molecule has 0 fully saturated rings. The smallest absolute Gasteiger partial charge is 0.377 e. The van der Waals surface area contributed by atoms with E-state index >= 15 is 0 Å². The maximum absolute atomic E-state index is 12.5. The van der Waals surface area contributed by atoms with E-state index in [1.807, 2.05) is 0 Å². The molecule has 0 atom stereocenters. The summed E-state index contributed by atoms with van der Waals surface area (Å²) in [7, 11) is 1.50. The van der Waals surface area contributed by atoms with Crippen LogP contribution in [0.3, 0.4) is 0 Å². The molecule has 0 spiro atoms. The summed E-state index contributed by atoms with van der Waals surface area (Å²) in [6.07, 6.45) is 0. The SMILES string of the molecule is CN(C(=O)n1nnn(-c2c(Cl)cccc2Cl)c1=O)c1ccc(N)cc1. The number of hydrogen-bond donors (Lipinski definition) is 1. The molecular formula is C15H12Cl2N6O2. The van der Waals surface area contributed by atoms with Crippen molar-refractivity contribution in [3.05, 3.63) is 63.0 Å². The minimum Gasteiger partial charge on any atom is -0.399 e. The van der Waals surface area contributed by atoms with Gasteiger partial charge in [0.1, 0.15) is 5.69 Å². The quantitative estimate of drug-likeness (QED) is 0.545. The maximum atomic E-state index is 12.5. The number of tetrazole rings is 1. The number of halogens is 2. The highest BCUT2D eigenvalue weighted by molar-refractivity contribution is 6.37. The van der Waals surface area contributed by atoms with Crippen molar-refractivity contribution >= 4 is 40.6 Å². The van der Waals surface area contributed by atoms with E-state index in [1.54, 1.807) is 42.5 Å². The van der Waals surface area contributed by atoms with E-state index in [1.165, 1.54) is 11.9 Å². The van der Waals surface area contributed by atoms with Crippen molar-refractivity contribution in [2.24, 2.45) is 0 Å². The largest absolute Gasteiger partial charge is 0.399 e. The molecule has 128 valence electrons. The van der Waals surface area contributed by atoms with E-state index in [2.05, 4.69) is 10.4 Å². The van der Waals surface area contributed by atoms with Crippen LogP contribution in [0, 0.1) is 0 Å². The molecule has 3 aromatic rings. The highest BCUT2D eigenvalue weighted by atomic mass is 35.5. The summed E-state index contributed by atoms with van der Waals surface area (Å²) in [5, 5.41) is 7.74. The zero-order valence-corrected chi connectivity index (χ0v) is 14.4. The van der Waals surface area contributed by atoms with Crippen molar-refractivity contribution in [3.8, 4) is 5.69 Å². The highest BCUT2D eigenvalue weighted by Gasteiger charge is 2.22. The van der Waals surface area contributed by atoms with Crippen LogP contribution in [0.5, 0.6) is 0 Å². The van der Waals surface area contributed by atoms with Crippen LogP contribution in [0.1, 0.15) is 0 Å². The Morgan fingerprint density at radius 2 is 1.68 bits per heavy atom. The average Bonchev–Trinajstić information content (AvgIpc) is 2.96. The van der Waals surface area contributed by atoms with Gasteiger partial charge in [0, 0.05) is 18.4 Å². The molecule has 1 amide bonds. The van der Waals surface area contributed by atoms with Crippen molar-refractivity contribution in [3.63, 3.8) is 0 Å². The average molecular weight is 379 g/mol. The van der Waals surface area contributed by atoms with E-state index in [0.29, 0.717) is 16.1 Å². The van der Waals surface area contributed by atoms with E-state index in [9.17, 15) is 9.59 Å². The fourth-order valence-electron chi connectivity index (χ4n) is 2.15. The van der Waals surface area contributed by atoms with E-state index in [4.69, 9.17) is 28.9 Å². The molecule has 1 aromatic heterocycles.